The molecule has 0 saturated carbocycles. The van der Waals surface area contributed by atoms with Gasteiger partial charge in [0.05, 0.1) is 6.61 Å². The molecule has 4 nitrogen and oxygen atoms in total. The fourth-order valence-electron chi connectivity index (χ4n) is 1.22. The van der Waals surface area contributed by atoms with E-state index in [1.54, 1.807) is 20.9 Å². The van der Waals surface area contributed by atoms with E-state index in [-0.39, 0.29) is 6.29 Å². The van der Waals surface area contributed by atoms with Crippen molar-refractivity contribution in [3.63, 3.8) is 0 Å². The zero-order chi connectivity index (χ0) is 12.6. The summed E-state index contributed by atoms with van der Waals surface area (Å²) in [6, 6.07) is 0. The summed E-state index contributed by atoms with van der Waals surface area (Å²) in [5.41, 5.74) is 0. The van der Waals surface area contributed by atoms with Crippen LogP contribution in [0.15, 0.2) is 0 Å². The summed E-state index contributed by atoms with van der Waals surface area (Å²) in [5, 5.41) is 0. The minimum atomic E-state index is -2.49. The molecule has 1 unspecified atom stereocenters. The normalized spacial score (nSPS) is 15.7. The topological polar surface area (TPSA) is 44.8 Å². The number of ether oxygens (including phenoxy) is 2. The highest BCUT2D eigenvalue weighted by molar-refractivity contribution is 7.58. The van der Waals surface area contributed by atoms with Crippen LogP contribution in [-0.4, -0.2) is 39.9 Å². The monoisotopic (exact) mass is 252 g/mol. The molecular formula is C11H25O4P. The van der Waals surface area contributed by atoms with Crippen molar-refractivity contribution in [3.05, 3.63) is 0 Å². The highest BCUT2D eigenvalue weighted by Gasteiger charge is 2.18. The van der Waals surface area contributed by atoms with E-state index < -0.39 is 7.37 Å². The predicted molar refractivity (Wildman–Crippen MR) is 66.2 cm³/mol. The molecule has 98 valence electrons. The molecule has 0 aromatic heterocycles. The molecule has 1 atom stereocenters. The maximum Gasteiger partial charge on any atom is 0.200 e. The van der Waals surface area contributed by atoms with E-state index in [0.717, 1.165) is 6.42 Å². The molecule has 16 heavy (non-hydrogen) atoms. The van der Waals surface area contributed by atoms with Crippen molar-refractivity contribution in [2.45, 2.75) is 33.0 Å². The molecule has 0 aliphatic heterocycles. The molecular weight excluding hydrogens is 227 g/mol. The maximum atomic E-state index is 12.0. The third-order valence-corrected chi connectivity index (χ3v) is 4.16. The summed E-state index contributed by atoms with van der Waals surface area (Å²) in [7, 11) is 0.667. The van der Waals surface area contributed by atoms with Gasteiger partial charge in [-0.25, -0.2) is 0 Å². The van der Waals surface area contributed by atoms with Crippen LogP contribution in [0.1, 0.15) is 26.7 Å². The molecule has 0 spiro atoms. The van der Waals surface area contributed by atoms with Gasteiger partial charge in [-0.1, -0.05) is 13.8 Å². The molecule has 0 heterocycles. The smallest absolute Gasteiger partial charge is 0.200 e. The average molecular weight is 252 g/mol. The zero-order valence-electron chi connectivity index (χ0n) is 11.1. The zero-order valence-corrected chi connectivity index (χ0v) is 12.0. The summed E-state index contributed by atoms with van der Waals surface area (Å²) in [6.07, 6.45) is 1.75. The molecule has 0 bridgehead atoms. The lowest BCUT2D eigenvalue weighted by molar-refractivity contribution is -0.103. The van der Waals surface area contributed by atoms with Crippen LogP contribution in [0.2, 0.25) is 0 Å². The van der Waals surface area contributed by atoms with Gasteiger partial charge in [0.2, 0.25) is 0 Å². The summed E-state index contributed by atoms with van der Waals surface area (Å²) >= 11 is 0. The van der Waals surface area contributed by atoms with Gasteiger partial charge in [0, 0.05) is 33.5 Å². The van der Waals surface area contributed by atoms with Crippen LogP contribution in [0.5, 0.6) is 0 Å². The third kappa shape index (κ3) is 8.28. The van der Waals surface area contributed by atoms with Gasteiger partial charge in [-0.3, -0.25) is 4.57 Å². The first-order chi connectivity index (χ1) is 7.41. The first kappa shape index (κ1) is 16.1. The lowest BCUT2D eigenvalue weighted by atomic mass is 10.2. The van der Waals surface area contributed by atoms with Crippen LogP contribution in [0.3, 0.4) is 0 Å². The standard InChI is InChI=1S/C11H25O4P/c1-10(2)6-8-15-16(5,12)9-7-11(13-3)14-4/h10-11H,6-9H2,1-5H3. The average Bonchev–Trinajstić information content (AvgIpc) is 2.18. The van der Waals surface area contributed by atoms with Crippen molar-refractivity contribution < 1.29 is 18.6 Å². The Morgan fingerprint density at radius 2 is 1.69 bits per heavy atom. The van der Waals surface area contributed by atoms with Gasteiger partial charge >= 0.3 is 0 Å². The minimum absolute atomic E-state index is 0.290. The Labute approximate surface area is 99.1 Å². The Balaban J connectivity index is 3.81. The van der Waals surface area contributed by atoms with Gasteiger partial charge in [0.25, 0.3) is 0 Å². The van der Waals surface area contributed by atoms with Gasteiger partial charge in [-0.05, 0) is 12.3 Å². The summed E-state index contributed by atoms with van der Waals surface area (Å²) < 4.78 is 27.5. The Hall–Kier alpha value is 0.110. The fraction of sp³-hybridized carbons (Fsp3) is 1.00. The third-order valence-electron chi connectivity index (χ3n) is 2.36. The van der Waals surface area contributed by atoms with Crippen molar-refractivity contribution in [3.8, 4) is 0 Å². The lowest BCUT2D eigenvalue weighted by Crippen LogP contribution is -2.15. The van der Waals surface area contributed by atoms with Crippen molar-refractivity contribution in [2.24, 2.45) is 5.92 Å². The second kappa shape index (κ2) is 8.24. The van der Waals surface area contributed by atoms with Crippen LogP contribution in [0.25, 0.3) is 0 Å². The molecule has 0 fully saturated rings. The van der Waals surface area contributed by atoms with Crippen LogP contribution in [-0.2, 0) is 18.6 Å². The molecule has 0 saturated heterocycles. The largest absolute Gasteiger partial charge is 0.356 e. The molecule has 0 radical (unpaired) electrons. The van der Waals surface area contributed by atoms with E-state index in [9.17, 15) is 4.57 Å². The van der Waals surface area contributed by atoms with Gasteiger partial charge < -0.3 is 14.0 Å². The van der Waals surface area contributed by atoms with Gasteiger partial charge in [-0.15, -0.1) is 0 Å². The Bertz CT molecular complexity index is 214. The van der Waals surface area contributed by atoms with E-state index >= 15 is 0 Å². The SMILES string of the molecule is COC(CCP(C)(=O)OCCC(C)C)OC. The summed E-state index contributed by atoms with van der Waals surface area (Å²) in [5.74, 6) is 0.575. The van der Waals surface area contributed by atoms with Crippen molar-refractivity contribution >= 4 is 7.37 Å². The molecule has 0 aliphatic rings. The van der Waals surface area contributed by atoms with Crippen LogP contribution in [0, 0.1) is 5.92 Å². The van der Waals surface area contributed by atoms with Gasteiger partial charge in [0.1, 0.15) is 0 Å². The first-order valence-electron chi connectivity index (χ1n) is 5.68. The second-order valence-electron chi connectivity index (χ2n) is 4.44. The summed E-state index contributed by atoms with van der Waals surface area (Å²) in [4.78, 5) is 0. The van der Waals surface area contributed by atoms with E-state index in [1.807, 2.05) is 0 Å². The number of hydrogen-bond acceptors (Lipinski definition) is 4. The predicted octanol–water partition coefficient (Wildman–Crippen LogP) is 2.97. The van der Waals surface area contributed by atoms with Crippen molar-refractivity contribution in [1.29, 1.82) is 0 Å². The van der Waals surface area contributed by atoms with Crippen molar-refractivity contribution in [2.75, 3.05) is 33.7 Å². The Morgan fingerprint density at radius 3 is 2.12 bits per heavy atom. The molecule has 0 aromatic rings. The number of rotatable bonds is 9. The Morgan fingerprint density at radius 1 is 1.12 bits per heavy atom. The van der Waals surface area contributed by atoms with Gasteiger partial charge in [0.15, 0.2) is 13.7 Å². The quantitative estimate of drug-likeness (QED) is 0.467. The second-order valence-corrected chi connectivity index (χ2v) is 7.18. The van der Waals surface area contributed by atoms with E-state index in [4.69, 9.17) is 14.0 Å². The first-order valence-corrected chi connectivity index (χ1v) is 7.93. The summed E-state index contributed by atoms with van der Waals surface area (Å²) in [6.45, 7) is 6.48. The van der Waals surface area contributed by atoms with E-state index in [0.29, 0.717) is 25.1 Å². The molecule has 0 aliphatic carbocycles. The lowest BCUT2D eigenvalue weighted by Gasteiger charge is -2.18. The maximum absolute atomic E-state index is 12.0. The van der Waals surface area contributed by atoms with E-state index in [2.05, 4.69) is 13.8 Å². The molecule has 0 N–H and O–H groups in total. The highest BCUT2D eigenvalue weighted by atomic mass is 31.2. The highest BCUT2D eigenvalue weighted by Crippen LogP contribution is 2.43. The van der Waals surface area contributed by atoms with Crippen LogP contribution in [0.4, 0.5) is 0 Å². The number of hydrogen-bond donors (Lipinski definition) is 0. The molecule has 0 rings (SSSR count). The van der Waals surface area contributed by atoms with Crippen LogP contribution < -0.4 is 0 Å². The Kier molecular flexibility index (Phi) is 8.29. The molecule has 0 aromatic carbocycles. The fourth-order valence-corrected chi connectivity index (χ4v) is 2.52. The minimum Gasteiger partial charge on any atom is -0.356 e. The van der Waals surface area contributed by atoms with Crippen molar-refractivity contribution in [1.82, 2.24) is 0 Å². The molecule has 5 heteroatoms. The number of methoxy groups -OCH3 is 2. The van der Waals surface area contributed by atoms with Gasteiger partial charge in [-0.2, -0.15) is 0 Å². The van der Waals surface area contributed by atoms with E-state index in [1.165, 1.54) is 0 Å². The molecule has 0 amide bonds. The van der Waals surface area contributed by atoms with Crippen LogP contribution >= 0.6 is 7.37 Å².